The molecule has 2 N–H and O–H groups in total. The van der Waals surface area contributed by atoms with Gasteiger partial charge in [0.15, 0.2) is 0 Å². The number of nitrogens with two attached hydrogens (primary N) is 1. The number of ether oxygens (including phenoxy) is 1. The zero-order chi connectivity index (χ0) is 12.6. The van der Waals surface area contributed by atoms with E-state index in [0.717, 1.165) is 30.6 Å². The highest BCUT2D eigenvalue weighted by Gasteiger charge is 2.38. The van der Waals surface area contributed by atoms with Gasteiger partial charge in [-0.05, 0) is 42.4 Å². The molecular weight excluding hydrogens is 234 g/mol. The van der Waals surface area contributed by atoms with Crippen molar-refractivity contribution in [1.29, 1.82) is 0 Å². The van der Waals surface area contributed by atoms with Crippen molar-refractivity contribution in [3.63, 3.8) is 0 Å². The van der Waals surface area contributed by atoms with Crippen LogP contribution < -0.4 is 10.5 Å². The minimum Gasteiger partial charge on any atom is -0.495 e. The first kappa shape index (κ1) is 12.7. The number of hydrogen-bond donors (Lipinski definition) is 1. The third-order valence-corrected chi connectivity index (χ3v) is 3.89. The van der Waals surface area contributed by atoms with Crippen molar-refractivity contribution >= 4 is 11.6 Å². The summed E-state index contributed by atoms with van der Waals surface area (Å²) in [7, 11) is 1.66. The lowest BCUT2D eigenvalue weighted by molar-refractivity contribution is 0.413. The van der Waals surface area contributed by atoms with Gasteiger partial charge in [0.25, 0.3) is 0 Å². The fraction of sp³-hybridized carbons (Fsp3) is 0.571. The van der Waals surface area contributed by atoms with Crippen molar-refractivity contribution in [2.75, 3.05) is 7.11 Å². The molecule has 0 amide bonds. The zero-order valence-electron chi connectivity index (χ0n) is 10.7. The second kappa shape index (κ2) is 4.51. The minimum atomic E-state index is -0.0236. The second-order valence-electron chi connectivity index (χ2n) is 5.39. The van der Waals surface area contributed by atoms with Gasteiger partial charge in [0.1, 0.15) is 5.75 Å². The minimum absolute atomic E-state index is 0.0236. The van der Waals surface area contributed by atoms with Crippen LogP contribution in [-0.2, 0) is 6.42 Å². The summed E-state index contributed by atoms with van der Waals surface area (Å²) < 4.78 is 5.34. The van der Waals surface area contributed by atoms with Crippen LogP contribution in [0.3, 0.4) is 0 Å². The summed E-state index contributed by atoms with van der Waals surface area (Å²) in [6.45, 7) is 4.34. The Morgan fingerprint density at radius 2 is 2.06 bits per heavy atom. The van der Waals surface area contributed by atoms with E-state index in [1.807, 2.05) is 6.07 Å². The first-order valence-electron chi connectivity index (χ1n) is 6.10. The van der Waals surface area contributed by atoms with E-state index in [4.69, 9.17) is 22.1 Å². The largest absolute Gasteiger partial charge is 0.495 e. The Hall–Kier alpha value is -0.730. The Morgan fingerprint density at radius 3 is 2.53 bits per heavy atom. The smallest absolute Gasteiger partial charge is 0.138 e. The summed E-state index contributed by atoms with van der Waals surface area (Å²) in [5.41, 5.74) is 8.52. The van der Waals surface area contributed by atoms with Crippen molar-refractivity contribution in [1.82, 2.24) is 0 Å². The topological polar surface area (TPSA) is 35.2 Å². The van der Waals surface area contributed by atoms with Crippen LogP contribution in [0, 0.1) is 0 Å². The lowest BCUT2D eigenvalue weighted by atomic mass is 9.96. The van der Waals surface area contributed by atoms with E-state index in [1.54, 1.807) is 7.11 Å². The molecule has 0 heterocycles. The van der Waals surface area contributed by atoms with E-state index < -0.39 is 0 Å². The first-order valence-corrected chi connectivity index (χ1v) is 6.48. The normalized spacial score (nSPS) is 17.3. The number of methoxy groups -OCH3 is 1. The summed E-state index contributed by atoms with van der Waals surface area (Å²) in [4.78, 5) is 0. The highest BCUT2D eigenvalue weighted by molar-refractivity contribution is 6.32. The Kier molecular flexibility index (Phi) is 3.37. The lowest BCUT2D eigenvalue weighted by Crippen LogP contribution is -2.24. The van der Waals surface area contributed by atoms with E-state index in [9.17, 15) is 0 Å². The molecule has 1 aromatic rings. The second-order valence-corrected chi connectivity index (χ2v) is 5.77. The maximum Gasteiger partial charge on any atom is 0.138 e. The van der Waals surface area contributed by atoms with E-state index in [2.05, 4.69) is 19.9 Å². The molecule has 94 valence electrons. The fourth-order valence-electron chi connectivity index (χ4n) is 2.01. The van der Waals surface area contributed by atoms with Gasteiger partial charge in [-0.15, -0.1) is 0 Å². The van der Waals surface area contributed by atoms with Crippen LogP contribution in [0.25, 0.3) is 0 Å². The lowest BCUT2D eigenvalue weighted by Gasteiger charge is -2.16. The monoisotopic (exact) mass is 253 g/mol. The van der Waals surface area contributed by atoms with Gasteiger partial charge in [-0.3, -0.25) is 0 Å². The van der Waals surface area contributed by atoms with Crippen LogP contribution in [0.15, 0.2) is 12.1 Å². The molecule has 1 aliphatic carbocycles. The quantitative estimate of drug-likeness (QED) is 0.891. The van der Waals surface area contributed by atoms with E-state index >= 15 is 0 Å². The predicted octanol–water partition coefficient (Wildman–Crippen LogP) is 3.51. The molecule has 1 saturated carbocycles. The molecular formula is C14H20ClNO. The van der Waals surface area contributed by atoms with Gasteiger partial charge in [0.2, 0.25) is 0 Å². The van der Waals surface area contributed by atoms with Gasteiger partial charge in [-0.1, -0.05) is 31.5 Å². The van der Waals surface area contributed by atoms with Crippen molar-refractivity contribution in [3.8, 4) is 5.75 Å². The van der Waals surface area contributed by atoms with Gasteiger partial charge in [-0.2, -0.15) is 0 Å². The third kappa shape index (κ3) is 2.75. The van der Waals surface area contributed by atoms with Gasteiger partial charge in [0, 0.05) is 5.54 Å². The Labute approximate surface area is 108 Å². The van der Waals surface area contributed by atoms with E-state index in [-0.39, 0.29) is 5.54 Å². The van der Waals surface area contributed by atoms with Crippen LogP contribution in [0.4, 0.5) is 0 Å². The molecule has 2 nitrogen and oxygen atoms in total. The molecule has 0 aromatic heterocycles. The van der Waals surface area contributed by atoms with Crippen molar-refractivity contribution in [2.24, 2.45) is 5.73 Å². The van der Waals surface area contributed by atoms with Crippen LogP contribution in [-0.4, -0.2) is 12.6 Å². The van der Waals surface area contributed by atoms with E-state index in [0.29, 0.717) is 10.9 Å². The Bertz CT molecular complexity index is 424. The Balaban J connectivity index is 2.37. The molecule has 2 rings (SSSR count). The summed E-state index contributed by atoms with van der Waals surface area (Å²) in [5, 5.41) is 0.716. The molecule has 1 aliphatic rings. The molecule has 0 aliphatic heterocycles. The molecule has 17 heavy (non-hydrogen) atoms. The highest BCUT2D eigenvalue weighted by atomic mass is 35.5. The van der Waals surface area contributed by atoms with E-state index in [1.165, 1.54) is 5.56 Å². The molecule has 0 unspecified atom stereocenters. The van der Waals surface area contributed by atoms with Gasteiger partial charge < -0.3 is 10.5 Å². The maximum absolute atomic E-state index is 6.34. The van der Waals surface area contributed by atoms with Crippen molar-refractivity contribution in [2.45, 2.75) is 44.6 Å². The molecule has 0 saturated heterocycles. The molecule has 0 bridgehead atoms. The van der Waals surface area contributed by atoms with Crippen molar-refractivity contribution in [3.05, 3.63) is 28.3 Å². The van der Waals surface area contributed by atoms with Crippen LogP contribution in [0.2, 0.25) is 5.02 Å². The van der Waals surface area contributed by atoms with Gasteiger partial charge in [-0.25, -0.2) is 0 Å². The zero-order valence-corrected chi connectivity index (χ0v) is 11.5. The standard InChI is InChI=1S/C14H20ClNO/c1-9(2)10-6-11(8-14(16)4-5-14)13(15)12(7-10)17-3/h6-7,9H,4-5,8,16H2,1-3H3. The maximum atomic E-state index is 6.34. The number of hydrogen-bond acceptors (Lipinski definition) is 2. The van der Waals surface area contributed by atoms with Gasteiger partial charge >= 0.3 is 0 Å². The highest BCUT2D eigenvalue weighted by Crippen LogP contribution is 2.40. The predicted molar refractivity (Wildman–Crippen MR) is 71.9 cm³/mol. The SMILES string of the molecule is COc1cc(C(C)C)cc(CC2(N)CC2)c1Cl. The molecule has 3 heteroatoms. The van der Waals surface area contributed by atoms with Crippen LogP contribution in [0.5, 0.6) is 5.75 Å². The van der Waals surface area contributed by atoms with Crippen molar-refractivity contribution < 1.29 is 4.74 Å². The molecule has 0 radical (unpaired) electrons. The van der Waals surface area contributed by atoms with Crippen LogP contribution >= 0.6 is 11.6 Å². The molecule has 1 fully saturated rings. The van der Waals surface area contributed by atoms with Crippen LogP contribution in [0.1, 0.15) is 43.7 Å². The average molecular weight is 254 g/mol. The summed E-state index contributed by atoms with van der Waals surface area (Å²) >= 11 is 6.34. The fourth-order valence-corrected chi connectivity index (χ4v) is 2.26. The first-order chi connectivity index (χ1) is 7.95. The molecule has 0 spiro atoms. The molecule has 1 aromatic carbocycles. The average Bonchev–Trinajstić information content (AvgIpc) is 2.99. The number of benzene rings is 1. The third-order valence-electron chi connectivity index (χ3n) is 3.46. The summed E-state index contributed by atoms with van der Waals surface area (Å²) in [5.74, 6) is 1.23. The summed E-state index contributed by atoms with van der Waals surface area (Å²) in [6.07, 6.45) is 3.04. The Morgan fingerprint density at radius 1 is 1.41 bits per heavy atom. The summed E-state index contributed by atoms with van der Waals surface area (Å²) in [6, 6.07) is 4.19. The van der Waals surface area contributed by atoms with Gasteiger partial charge in [0.05, 0.1) is 12.1 Å². The molecule has 0 atom stereocenters. The number of rotatable bonds is 4. The number of halogens is 1.